The fourth-order valence-corrected chi connectivity index (χ4v) is 2.81. The van der Waals surface area contributed by atoms with E-state index in [0.717, 1.165) is 0 Å². The van der Waals surface area contributed by atoms with Gasteiger partial charge in [-0.05, 0) is 36.2 Å². The highest BCUT2D eigenvalue weighted by Gasteiger charge is 2.21. The number of rotatable bonds is 2. The summed E-state index contributed by atoms with van der Waals surface area (Å²) in [6.45, 7) is 11.2. The minimum Gasteiger partial charge on any atom is -0.333 e. The summed E-state index contributed by atoms with van der Waals surface area (Å²) in [6.07, 6.45) is 0. The van der Waals surface area contributed by atoms with E-state index < -0.39 is 0 Å². The third kappa shape index (κ3) is 9.08. The molecule has 0 atom stereocenters. The first-order valence-electron chi connectivity index (χ1n) is 10.1. The fraction of sp³-hybridized carbons (Fsp3) is 0.333. The van der Waals surface area contributed by atoms with Crippen molar-refractivity contribution in [1.29, 1.82) is 0 Å². The summed E-state index contributed by atoms with van der Waals surface area (Å²) in [5, 5.41) is 0. The molecule has 0 aliphatic rings. The number of hydrogen-bond donors (Lipinski definition) is 2. The lowest BCUT2D eigenvalue weighted by Crippen LogP contribution is -2.18. The Morgan fingerprint density at radius 2 is 0.655 bits per heavy atom. The summed E-state index contributed by atoms with van der Waals surface area (Å²) in [4.78, 5) is 0. The van der Waals surface area contributed by atoms with Crippen molar-refractivity contribution in [2.75, 3.05) is 14.1 Å². The summed E-state index contributed by atoms with van der Waals surface area (Å²) in [7, 11) is 3.00. The number of benzene rings is 3. The van der Waals surface area contributed by atoms with Gasteiger partial charge < -0.3 is 11.5 Å². The van der Waals surface area contributed by atoms with Crippen LogP contribution in [0.2, 0.25) is 0 Å². The van der Waals surface area contributed by atoms with E-state index >= 15 is 0 Å². The van der Waals surface area contributed by atoms with Crippen LogP contribution in [0.4, 0.5) is 0 Å². The first kappa shape index (κ1) is 26.6. The van der Waals surface area contributed by atoms with Gasteiger partial charge in [-0.15, -0.1) is 0 Å². The molecule has 3 aromatic rings. The van der Waals surface area contributed by atoms with Crippen LogP contribution in [0.15, 0.2) is 91.0 Å². The molecule has 0 unspecified atom stereocenters. The molecule has 3 aromatic carbocycles. The Labute approximate surface area is 179 Å². The Bertz CT molecular complexity index is 701. The monoisotopic (exact) mass is 392 g/mol. The van der Waals surface area contributed by atoms with Gasteiger partial charge in [0.25, 0.3) is 0 Å². The Balaban J connectivity index is 0.000000488. The van der Waals surface area contributed by atoms with Gasteiger partial charge in [0, 0.05) is 5.41 Å². The summed E-state index contributed by atoms with van der Waals surface area (Å²) in [5.74, 6) is 0. The van der Waals surface area contributed by atoms with Crippen LogP contribution in [0.25, 0.3) is 0 Å². The topological polar surface area (TPSA) is 52.0 Å². The van der Waals surface area contributed by atoms with Crippen molar-refractivity contribution in [2.45, 2.75) is 45.4 Å². The van der Waals surface area contributed by atoms with Crippen molar-refractivity contribution in [3.63, 3.8) is 0 Å². The zero-order valence-corrected chi connectivity index (χ0v) is 19.3. The molecular weight excluding hydrogens is 352 g/mol. The molecule has 2 heteroatoms. The molecule has 0 heterocycles. The minimum atomic E-state index is 0.0858. The lowest BCUT2D eigenvalue weighted by Gasteiger charge is -2.25. The predicted octanol–water partition coefficient (Wildman–Crippen LogP) is 6.15. The molecule has 29 heavy (non-hydrogen) atoms. The van der Waals surface area contributed by atoms with E-state index in [9.17, 15) is 0 Å². The number of hydrogen-bond acceptors (Lipinski definition) is 2. The van der Waals surface area contributed by atoms with Gasteiger partial charge in [0.1, 0.15) is 0 Å². The molecule has 0 saturated carbocycles. The van der Waals surface area contributed by atoms with Crippen LogP contribution in [0.5, 0.6) is 0 Å². The average molecular weight is 393 g/mol. The first-order chi connectivity index (χ1) is 13.8. The first-order valence-corrected chi connectivity index (χ1v) is 10.1. The summed E-state index contributed by atoms with van der Waals surface area (Å²) < 4.78 is 0. The van der Waals surface area contributed by atoms with Gasteiger partial charge in [0.15, 0.2) is 0 Å². The SMILES string of the molecule is CC(C)(C)c1ccccc1.CC(C)(c1ccccc1)c1ccccc1.CN.CN. The van der Waals surface area contributed by atoms with Gasteiger partial charge in [-0.2, -0.15) is 0 Å². The van der Waals surface area contributed by atoms with E-state index in [4.69, 9.17) is 0 Å². The second kappa shape index (κ2) is 13.7. The van der Waals surface area contributed by atoms with E-state index in [2.05, 4.69) is 137 Å². The molecule has 158 valence electrons. The maximum atomic E-state index is 4.50. The number of nitrogens with two attached hydrogens (primary N) is 2. The van der Waals surface area contributed by atoms with Crippen molar-refractivity contribution >= 4 is 0 Å². The van der Waals surface area contributed by atoms with Gasteiger partial charge in [-0.1, -0.05) is 126 Å². The van der Waals surface area contributed by atoms with Crippen LogP contribution in [0, 0.1) is 0 Å². The molecule has 0 aromatic heterocycles. The molecule has 4 N–H and O–H groups in total. The molecule has 0 amide bonds. The van der Waals surface area contributed by atoms with Crippen LogP contribution >= 0.6 is 0 Å². The molecule has 0 radical (unpaired) electrons. The highest BCUT2D eigenvalue weighted by atomic mass is 14.4. The van der Waals surface area contributed by atoms with E-state index in [1.807, 2.05) is 0 Å². The average Bonchev–Trinajstić information content (AvgIpc) is 2.78. The maximum absolute atomic E-state index is 4.50. The van der Waals surface area contributed by atoms with Gasteiger partial charge in [0.2, 0.25) is 0 Å². The molecular formula is C27H40N2. The van der Waals surface area contributed by atoms with Crippen molar-refractivity contribution in [1.82, 2.24) is 0 Å². The Morgan fingerprint density at radius 1 is 0.414 bits per heavy atom. The Kier molecular flexibility index (Phi) is 12.6. The largest absolute Gasteiger partial charge is 0.333 e. The zero-order chi connectivity index (χ0) is 22.3. The summed E-state index contributed by atoms with van der Waals surface area (Å²) >= 11 is 0. The predicted molar refractivity (Wildman–Crippen MR) is 130 cm³/mol. The van der Waals surface area contributed by atoms with Crippen LogP contribution in [-0.2, 0) is 10.8 Å². The standard InChI is InChI=1S/C15H16.C10H14.2CH5N/c1-15(2,13-9-5-3-6-10-13)14-11-7-4-8-12-14;1-10(2,3)9-7-5-4-6-8-9;2*1-2/h3-12H,1-2H3;4-8H,1-3H3;2*2H2,1H3. The van der Waals surface area contributed by atoms with Crippen LogP contribution in [0.3, 0.4) is 0 Å². The highest BCUT2D eigenvalue weighted by molar-refractivity contribution is 5.36. The normalized spacial score (nSPS) is 10.2. The van der Waals surface area contributed by atoms with Gasteiger partial charge in [-0.3, -0.25) is 0 Å². The van der Waals surface area contributed by atoms with Crippen LogP contribution in [0.1, 0.15) is 51.3 Å². The van der Waals surface area contributed by atoms with E-state index in [1.165, 1.54) is 30.8 Å². The molecule has 0 aliphatic carbocycles. The van der Waals surface area contributed by atoms with Crippen molar-refractivity contribution in [2.24, 2.45) is 11.5 Å². The van der Waals surface area contributed by atoms with Gasteiger partial charge in [-0.25, -0.2) is 0 Å². The van der Waals surface area contributed by atoms with Crippen LogP contribution in [-0.4, -0.2) is 14.1 Å². The fourth-order valence-electron chi connectivity index (χ4n) is 2.81. The molecule has 0 fully saturated rings. The van der Waals surface area contributed by atoms with E-state index in [0.29, 0.717) is 5.41 Å². The third-order valence-electron chi connectivity index (χ3n) is 4.63. The second-order valence-corrected chi connectivity index (χ2v) is 7.97. The molecule has 3 rings (SSSR count). The molecule has 0 spiro atoms. The van der Waals surface area contributed by atoms with Crippen LogP contribution < -0.4 is 11.5 Å². The van der Waals surface area contributed by atoms with Gasteiger partial charge >= 0.3 is 0 Å². The Morgan fingerprint density at radius 3 is 0.862 bits per heavy atom. The zero-order valence-electron chi connectivity index (χ0n) is 19.3. The quantitative estimate of drug-likeness (QED) is 0.550. The van der Waals surface area contributed by atoms with Crippen molar-refractivity contribution < 1.29 is 0 Å². The van der Waals surface area contributed by atoms with Crippen molar-refractivity contribution in [3.05, 3.63) is 108 Å². The lowest BCUT2D eigenvalue weighted by atomic mass is 9.78. The molecule has 2 nitrogen and oxygen atoms in total. The van der Waals surface area contributed by atoms with Crippen molar-refractivity contribution in [3.8, 4) is 0 Å². The smallest absolute Gasteiger partial charge is 0.0146 e. The summed E-state index contributed by atoms with van der Waals surface area (Å²) in [6, 6.07) is 31.8. The lowest BCUT2D eigenvalue weighted by molar-refractivity contribution is 0.590. The van der Waals surface area contributed by atoms with E-state index in [1.54, 1.807) is 0 Å². The minimum absolute atomic E-state index is 0.0858. The van der Waals surface area contributed by atoms with Gasteiger partial charge in [0.05, 0.1) is 0 Å². The highest BCUT2D eigenvalue weighted by Crippen LogP contribution is 2.30. The Hall–Kier alpha value is -2.42. The maximum Gasteiger partial charge on any atom is 0.0146 e. The molecule has 0 aliphatic heterocycles. The third-order valence-corrected chi connectivity index (χ3v) is 4.63. The second-order valence-electron chi connectivity index (χ2n) is 7.97. The van der Waals surface area contributed by atoms with E-state index in [-0.39, 0.29) is 5.41 Å². The molecule has 0 saturated heterocycles. The summed E-state index contributed by atoms with van der Waals surface area (Å²) in [5.41, 5.74) is 13.5. The molecule has 0 bridgehead atoms.